The van der Waals surface area contributed by atoms with Crippen LogP contribution in [0.4, 0.5) is 5.13 Å². The molecule has 1 aromatic heterocycles. The Bertz CT molecular complexity index is 1500. The zero-order valence-corrected chi connectivity index (χ0v) is 20.6. The SMILES string of the molecule is COc1ccc(C(O)=C2C(=O)C(=O)N(c3nc4c(C)cc(C)cc4s3)C2c2ccc(C)cc2)cc1. The summed E-state index contributed by atoms with van der Waals surface area (Å²) in [5.74, 6) is -1.06. The number of aryl methyl sites for hydroxylation is 3. The number of aliphatic hydroxyl groups is 1. The number of methoxy groups -OCH3 is 1. The molecule has 1 fully saturated rings. The van der Waals surface area contributed by atoms with E-state index >= 15 is 0 Å². The Morgan fingerprint density at radius 2 is 1.66 bits per heavy atom. The van der Waals surface area contributed by atoms with Gasteiger partial charge in [0.2, 0.25) is 0 Å². The van der Waals surface area contributed by atoms with Gasteiger partial charge in [-0.15, -0.1) is 0 Å². The number of aromatic nitrogens is 1. The Hall–Kier alpha value is -3.97. The van der Waals surface area contributed by atoms with Gasteiger partial charge < -0.3 is 9.84 Å². The van der Waals surface area contributed by atoms with E-state index in [1.165, 1.54) is 16.2 Å². The van der Waals surface area contributed by atoms with Crippen LogP contribution in [-0.2, 0) is 9.59 Å². The van der Waals surface area contributed by atoms with Gasteiger partial charge in [0.25, 0.3) is 5.78 Å². The third-order valence-corrected chi connectivity index (χ3v) is 7.23. The Morgan fingerprint density at radius 1 is 0.971 bits per heavy atom. The van der Waals surface area contributed by atoms with Crippen molar-refractivity contribution in [1.29, 1.82) is 0 Å². The van der Waals surface area contributed by atoms with E-state index < -0.39 is 17.7 Å². The summed E-state index contributed by atoms with van der Waals surface area (Å²) in [4.78, 5) is 32.9. The van der Waals surface area contributed by atoms with Crippen LogP contribution in [0.1, 0.15) is 33.9 Å². The molecule has 1 amide bonds. The summed E-state index contributed by atoms with van der Waals surface area (Å²) >= 11 is 1.37. The molecule has 2 heterocycles. The minimum absolute atomic E-state index is 0.0381. The molecule has 1 atom stereocenters. The molecule has 4 aromatic rings. The number of fused-ring (bicyclic) bond motifs is 1. The van der Waals surface area contributed by atoms with E-state index in [9.17, 15) is 14.7 Å². The molecule has 0 aliphatic carbocycles. The number of aliphatic hydroxyl groups excluding tert-OH is 1. The molecule has 35 heavy (non-hydrogen) atoms. The van der Waals surface area contributed by atoms with Crippen LogP contribution in [0.15, 0.2) is 66.2 Å². The average molecular weight is 485 g/mol. The minimum atomic E-state index is -0.806. The van der Waals surface area contributed by atoms with Gasteiger partial charge in [0.05, 0.1) is 28.9 Å². The highest BCUT2D eigenvalue weighted by molar-refractivity contribution is 7.22. The Morgan fingerprint density at radius 3 is 2.31 bits per heavy atom. The number of anilines is 1. The lowest BCUT2D eigenvalue weighted by Gasteiger charge is -2.23. The smallest absolute Gasteiger partial charge is 0.301 e. The van der Waals surface area contributed by atoms with Gasteiger partial charge in [-0.3, -0.25) is 14.5 Å². The number of carbonyl (C=O) groups excluding carboxylic acids is 2. The zero-order valence-electron chi connectivity index (χ0n) is 19.8. The van der Waals surface area contributed by atoms with Crippen molar-refractivity contribution in [3.05, 3.63) is 94.1 Å². The highest BCUT2D eigenvalue weighted by Gasteiger charge is 2.48. The van der Waals surface area contributed by atoms with Gasteiger partial charge in [-0.2, -0.15) is 0 Å². The number of carbonyl (C=O) groups is 2. The topological polar surface area (TPSA) is 79.7 Å². The molecule has 176 valence electrons. The summed E-state index contributed by atoms with van der Waals surface area (Å²) in [6.45, 7) is 5.96. The summed E-state index contributed by atoms with van der Waals surface area (Å²) < 4.78 is 6.14. The Balaban J connectivity index is 1.72. The van der Waals surface area contributed by atoms with Gasteiger partial charge in [-0.05, 0) is 67.8 Å². The van der Waals surface area contributed by atoms with Gasteiger partial charge in [0, 0.05) is 5.56 Å². The van der Waals surface area contributed by atoms with Crippen LogP contribution < -0.4 is 9.64 Å². The first-order valence-electron chi connectivity index (χ1n) is 11.2. The predicted octanol–water partition coefficient (Wildman–Crippen LogP) is 5.86. The van der Waals surface area contributed by atoms with Gasteiger partial charge in [0.15, 0.2) is 5.13 Å². The lowest BCUT2D eigenvalue weighted by Crippen LogP contribution is -2.29. The molecule has 0 radical (unpaired) electrons. The molecule has 1 unspecified atom stereocenters. The number of rotatable bonds is 4. The van der Waals surface area contributed by atoms with Gasteiger partial charge in [0.1, 0.15) is 11.5 Å². The fourth-order valence-electron chi connectivity index (χ4n) is 4.46. The van der Waals surface area contributed by atoms with E-state index in [1.54, 1.807) is 31.4 Å². The van der Waals surface area contributed by atoms with Crippen LogP contribution >= 0.6 is 11.3 Å². The summed E-state index contributed by atoms with van der Waals surface area (Å²) in [5.41, 5.74) is 5.14. The third kappa shape index (κ3) is 3.88. The lowest BCUT2D eigenvalue weighted by atomic mass is 9.95. The zero-order chi connectivity index (χ0) is 24.9. The molecule has 0 bridgehead atoms. The monoisotopic (exact) mass is 484 g/mol. The molecule has 1 aliphatic rings. The molecular formula is C28H24N2O4S. The number of hydrogen-bond donors (Lipinski definition) is 1. The number of benzene rings is 3. The predicted molar refractivity (Wildman–Crippen MR) is 138 cm³/mol. The Kier molecular flexibility index (Phi) is 5.65. The third-order valence-electron chi connectivity index (χ3n) is 6.23. The van der Waals surface area contributed by atoms with Crippen molar-refractivity contribution in [3.63, 3.8) is 0 Å². The highest BCUT2D eigenvalue weighted by Crippen LogP contribution is 2.44. The molecule has 1 saturated heterocycles. The number of Topliss-reactive ketones (excluding diaryl/α,β-unsaturated/α-hetero) is 1. The lowest BCUT2D eigenvalue weighted by molar-refractivity contribution is -0.132. The van der Waals surface area contributed by atoms with Crippen molar-refractivity contribution < 1.29 is 19.4 Å². The first-order valence-corrected chi connectivity index (χ1v) is 12.0. The summed E-state index contributed by atoms with van der Waals surface area (Å²) in [6, 6.07) is 17.6. The standard InChI is InChI=1S/C28H24N2O4S/c1-15-5-7-18(8-6-15)24-22(25(31)19-9-11-20(34-4)12-10-19)26(32)27(33)30(24)28-29-23-17(3)13-16(2)14-21(23)35-28/h5-14,24,31H,1-4H3. The minimum Gasteiger partial charge on any atom is -0.507 e. The average Bonchev–Trinajstić information content (AvgIpc) is 3.38. The van der Waals surface area contributed by atoms with E-state index in [4.69, 9.17) is 9.72 Å². The van der Waals surface area contributed by atoms with E-state index in [0.717, 1.165) is 32.5 Å². The molecule has 3 aromatic carbocycles. The molecular weight excluding hydrogens is 460 g/mol. The fourth-order valence-corrected chi connectivity index (χ4v) is 5.63. The largest absolute Gasteiger partial charge is 0.507 e. The normalized spacial score (nSPS) is 17.4. The number of ketones is 1. The maximum atomic E-state index is 13.4. The summed E-state index contributed by atoms with van der Waals surface area (Å²) in [6.07, 6.45) is 0. The molecule has 1 N–H and O–H groups in total. The van der Waals surface area contributed by atoms with Gasteiger partial charge in [-0.25, -0.2) is 4.98 Å². The van der Waals surface area contributed by atoms with Crippen molar-refractivity contribution in [2.24, 2.45) is 0 Å². The number of amides is 1. The maximum absolute atomic E-state index is 13.4. The Labute approximate surface area is 207 Å². The van der Waals surface area contributed by atoms with Crippen molar-refractivity contribution in [1.82, 2.24) is 4.98 Å². The quantitative estimate of drug-likeness (QED) is 0.223. The highest BCUT2D eigenvalue weighted by atomic mass is 32.1. The van der Waals surface area contributed by atoms with Crippen LogP contribution in [0.5, 0.6) is 5.75 Å². The van der Waals surface area contributed by atoms with E-state index in [1.807, 2.05) is 57.2 Å². The molecule has 5 rings (SSSR count). The van der Waals surface area contributed by atoms with Crippen LogP contribution in [0.25, 0.3) is 16.0 Å². The van der Waals surface area contributed by atoms with Crippen LogP contribution in [0.2, 0.25) is 0 Å². The number of nitrogens with zero attached hydrogens (tertiary/aromatic N) is 2. The van der Waals surface area contributed by atoms with Crippen molar-refractivity contribution in [2.75, 3.05) is 12.0 Å². The maximum Gasteiger partial charge on any atom is 0.301 e. The van der Waals surface area contributed by atoms with Crippen LogP contribution in [-0.4, -0.2) is 28.9 Å². The molecule has 0 spiro atoms. The number of thiazole rings is 1. The first-order chi connectivity index (χ1) is 16.8. The molecule has 0 saturated carbocycles. The number of hydrogen-bond acceptors (Lipinski definition) is 6. The number of ether oxygens (including phenoxy) is 1. The van der Waals surface area contributed by atoms with Gasteiger partial charge >= 0.3 is 5.91 Å². The summed E-state index contributed by atoms with van der Waals surface area (Å²) in [7, 11) is 1.55. The van der Waals surface area contributed by atoms with Crippen molar-refractivity contribution in [3.8, 4) is 5.75 Å². The fraction of sp³-hybridized carbons (Fsp3) is 0.179. The van der Waals surface area contributed by atoms with E-state index in [0.29, 0.717) is 16.4 Å². The molecule has 7 heteroatoms. The second kappa shape index (κ2) is 8.67. The van der Waals surface area contributed by atoms with E-state index in [2.05, 4.69) is 0 Å². The second-order valence-corrected chi connectivity index (χ2v) is 9.74. The van der Waals surface area contributed by atoms with Gasteiger partial charge in [-0.1, -0.05) is 47.2 Å². The van der Waals surface area contributed by atoms with Crippen LogP contribution in [0.3, 0.4) is 0 Å². The second-order valence-electron chi connectivity index (χ2n) is 8.73. The van der Waals surface area contributed by atoms with Crippen molar-refractivity contribution in [2.45, 2.75) is 26.8 Å². The van der Waals surface area contributed by atoms with Crippen molar-refractivity contribution >= 4 is 44.1 Å². The van der Waals surface area contributed by atoms with Crippen LogP contribution in [0, 0.1) is 20.8 Å². The van der Waals surface area contributed by atoms with E-state index in [-0.39, 0.29) is 11.3 Å². The summed E-state index contributed by atoms with van der Waals surface area (Å²) in [5, 5.41) is 11.7. The molecule has 1 aliphatic heterocycles. The first kappa shape index (κ1) is 22.8. The molecule has 6 nitrogen and oxygen atoms in total.